The van der Waals surface area contributed by atoms with Crippen molar-refractivity contribution in [2.45, 2.75) is 18.6 Å². The maximum absolute atomic E-state index is 11.5. The molecule has 8 nitrogen and oxygen atoms in total. The van der Waals surface area contributed by atoms with Crippen molar-refractivity contribution in [2.75, 3.05) is 0 Å². The van der Waals surface area contributed by atoms with Gasteiger partial charge in [0.05, 0.1) is 6.04 Å². The molecule has 16 heavy (non-hydrogen) atoms. The summed E-state index contributed by atoms with van der Waals surface area (Å²) in [6, 6.07) is -0.963. The van der Waals surface area contributed by atoms with Gasteiger partial charge in [0.25, 0.3) is 0 Å². The molecule has 4 N–H and O–H groups in total. The zero-order valence-corrected chi connectivity index (χ0v) is 8.16. The lowest BCUT2D eigenvalue weighted by molar-refractivity contribution is -0.130. The molecular formula is C8H10N4O4. The standard InChI is InChI=1S/C8H10N4O4/c9-5-4(10-6(5)13)3-11-1-2-12(7(11)14)8(15)16/h1-2,4-5H,3,9H2,(H,10,13)(H,15,16)/t4-,5+/m1/s1. The summed E-state index contributed by atoms with van der Waals surface area (Å²) in [5.41, 5.74) is 4.81. The number of carbonyl (C=O) groups excluding carboxylic acids is 1. The number of carboxylic acid groups (broad SMARTS) is 1. The highest BCUT2D eigenvalue weighted by Crippen LogP contribution is 2.05. The number of hydrogen-bond donors (Lipinski definition) is 3. The topological polar surface area (TPSA) is 119 Å². The van der Waals surface area contributed by atoms with Crippen LogP contribution in [-0.2, 0) is 11.3 Å². The lowest BCUT2D eigenvalue weighted by atomic mass is 10.0. The molecule has 1 aliphatic heterocycles. The van der Waals surface area contributed by atoms with E-state index < -0.39 is 17.8 Å². The molecular weight excluding hydrogens is 216 g/mol. The Morgan fingerprint density at radius 2 is 2.19 bits per heavy atom. The smallest absolute Gasteiger partial charge is 0.419 e. The minimum Gasteiger partial charge on any atom is -0.464 e. The molecule has 1 aromatic heterocycles. The maximum atomic E-state index is 11.5. The Labute approximate surface area is 89.3 Å². The lowest BCUT2D eigenvalue weighted by Crippen LogP contribution is -2.68. The number of nitrogens with zero attached hydrogens (tertiary/aromatic N) is 2. The summed E-state index contributed by atoms with van der Waals surface area (Å²) in [4.78, 5) is 32.8. The van der Waals surface area contributed by atoms with E-state index in [1.54, 1.807) is 0 Å². The first kappa shape index (κ1) is 10.4. The van der Waals surface area contributed by atoms with Crippen molar-refractivity contribution < 1.29 is 14.7 Å². The highest BCUT2D eigenvalue weighted by molar-refractivity contribution is 5.88. The molecule has 0 radical (unpaired) electrons. The van der Waals surface area contributed by atoms with E-state index in [1.807, 2.05) is 0 Å². The van der Waals surface area contributed by atoms with Crippen molar-refractivity contribution >= 4 is 12.0 Å². The Balaban J connectivity index is 2.14. The summed E-state index contributed by atoms with van der Waals surface area (Å²) in [5, 5.41) is 11.2. The molecule has 0 aliphatic carbocycles. The summed E-state index contributed by atoms with van der Waals surface area (Å²) < 4.78 is 1.75. The minimum atomic E-state index is -1.34. The average Bonchev–Trinajstić information content (AvgIpc) is 2.59. The third-order valence-corrected chi connectivity index (χ3v) is 2.51. The normalized spacial score (nSPS) is 23.7. The fourth-order valence-corrected chi connectivity index (χ4v) is 1.52. The van der Waals surface area contributed by atoms with E-state index >= 15 is 0 Å². The second-order valence-electron chi connectivity index (χ2n) is 3.53. The second-order valence-corrected chi connectivity index (χ2v) is 3.53. The van der Waals surface area contributed by atoms with Crippen LogP contribution in [0.4, 0.5) is 4.79 Å². The van der Waals surface area contributed by atoms with Crippen LogP contribution in [0.2, 0.25) is 0 Å². The number of carbonyl (C=O) groups is 2. The zero-order chi connectivity index (χ0) is 11.9. The molecule has 8 heteroatoms. The van der Waals surface area contributed by atoms with Gasteiger partial charge in [0.1, 0.15) is 6.04 Å². The fourth-order valence-electron chi connectivity index (χ4n) is 1.52. The zero-order valence-electron chi connectivity index (χ0n) is 8.16. The van der Waals surface area contributed by atoms with E-state index in [4.69, 9.17) is 10.8 Å². The number of β-lactam (4-membered cyclic amide) rings is 1. The summed E-state index contributed by atoms with van der Waals surface area (Å²) in [5.74, 6) is -0.268. The van der Waals surface area contributed by atoms with Gasteiger partial charge in [0, 0.05) is 18.9 Å². The van der Waals surface area contributed by atoms with Crippen LogP contribution in [0.25, 0.3) is 0 Å². The monoisotopic (exact) mass is 226 g/mol. The molecule has 86 valence electrons. The molecule has 1 aromatic rings. The van der Waals surface area contributed by atoms with Gasteiger partial charge in [-0.3, -0.25) is 9.36 Å². The van der Waals surface area contributed by atoms with Gasteiger partial charge in [0.15, 0.2) is 0 Å². The molecule has 1 saturated heterocycles. The van der Waals surface area contributed by atoms with Gasteiger partial charge in [-0.1, -0.05) is 0 Å². The van der Waals surface area contributed by atoms with Gasteiger partial charge in [-0.25, -0.2) is 14.2 Å². The van der Waals surface area contributed by atoms with E-state index in [1.165, 1.54) is 10.8 Å². The number of nitrogens with two attached hydrogens (primary N) is 1. The third kappa shape index (κ3) is 1.48. The molecule has 0 saturated carbocycles. The van der Waals surface area contributed by atoms with Crippen molar-refractivity contribution in [3.63, 3.8) is 0 Å². The van der Waals surface area contributed by atoms with Gasteiger partial charge in [-0.15, -0.1) is 0 Å². The lowest BCUT2D eigenvalue weighted by Gasteiger charge is -2.33. The highest BCUT2D eigenvalue weighted by atomic mass is 16.4. The highest BCUT2D eigenvalue weighted by Gasteiger charge is 2.36. The minimum absolute atomic E-state index is 0.173. The van der Waals surface area contributed by atoms with Crippen LogP contribution < -0.4 is 16.7 Å². The Bertz CT molecular complexity index is 502. The molecule has 0 bridgehead atoms. The average molecular weight is 226 g/mol. The molecule has 1 amide bonds. The predicted molar refractivity (Wildman–Crippen MR) is 52.0 cm³/mol. The van der Waals surface area contributed by atoms with Crippen molar-refractivity contribution in [3.8, 4) is 0 Å². The van der Waals surface area contributed by atoms with Crippen molar-refractivity contribution in [3.05, 3.63) is 22.9 Å². The number of rotatable bonds is 2. The fraction of sp³-hybridized carbons (Fsp3) is 0.375. The molecule has 1 fully saturated rings. The summed E-state index contributed by atoms with van der Waals surface area (Å²) >= 11 is 0. The van der Waals surface area contributed by atoms with Crippen LogP contribution in [0.1, 0.15) is 0 Å². The third-order valence-electron chi connectivity index (χ3n) is 2.51. The van der Waals surface area contributed by atoms with Crippen molar-refractivity contribution in [1.29, 1.82) is 0 Å². The van der Waals surface area contributed by atoms with Gasteiger partial charge < -0.3 is 16.2 Å². The molecule has 0 aromatic carbocycles. The summed E-state index contributed by atoms with van der Waals surface area (Å²) in [6.45, 7) is 0.173. The van der Waals surface area contributed by atoms with E-state index in [-0.39, 0.29) is 18.5 Å². The van der Waals surface area contributed by atoms with Crippen LogP contribution in [-0.4, -0.2) is 38.3 Å². The number of nitrogens with one attached hydrogen (secondary N) is 1. The van der Waals surface area contributed by atoms with Crippen LogP contribution in [0, 0.1) is 0 Å². The quantitative estimate of drug-likeness (QED) is 0.504. The Morgan fingerprint density at radius 1 is 1.50 bits per heavy atom. The van der Waals surface area contributed by atoms with Crippen molar-refractivity contribution in [1.82, 2.24) is 14.5 Å². The van der Waals surface area contributed by atoms with Gasteiger partial charge >= 0.3 is 11.8 Å². The van der Waals surface area contributed by atoms with Crippen LogP contribution in [0.5, 0.6) is 0 Å². The molecule has 2 rings (SSSR count). The summed E-state index contributed by atoms with van der Waals surface area (Å²) in [7, 11) is 0. The first-order chi connectivity index (χ1) is 7.50. The number of hydrogen-bond acceptors (Lipinski definition) is 4. The van der Waals surface area contributed by atoms with E-state index in [2.05, 4.69) is 5.32 Å². The summed E-state index contributed by atoms with van der Waals surface area (Å²) in [6.07, 6.45) is 1.15. The molecule has 1 aliphatic rings. The number of aromatic nitrogens is 2. The van der Waals surface area contributed by atoms with Gasteiger partial charge in [-0.2, -0.15) is 0 Å². The van der Waals surface area contributed by atoms with Crippen LogP contribution in [0.3, 0.4) is 0 Å². The predicted octanol–water partition coefficient (Wildman–Crippen LogP) is -2.00. The molecule has 2 atom stereocenters. The van der Waals surface area contributed by atoms with Crippen LogP contribution in [0.15, 0.2) is 17.2 Å². The Morgan fingerprint density at radius 3 is 2.62 bits per heavy atom. The molecule has 2 heterocycles. The SMILES string of the molecule is N[C@@H]1C(=O)N[C@@H]1Cn1ccn(C(=O)O)c1=O. The van der Waals surface area contributed by atoms with E-state index in [9.17, 15) is 14.4 Å². The Kier molecular flexibility index (Phi) is 2.27. The van der Waals surface area contributed by atoms with Crippen molar-refractivity contribution in [2.24, 2.45) is 5.73 Å². The second kappa shape index (κ2) is 3.49. The first-order valence-electron chi connectivity index (χ1n) is 4.58. The van der Waals surface area contributed by atoms with E-state index in [0.29, 0.717) is 4.57 Å². The molecule has 0 unspecified atom stereocenters. The maximum Gasteiger partial charge on any atom is 0.419 e. The Hall–Kier alpha value is -2.09. The number of imidazole rings is 1. The first-order valence-corrected chi connectivity index (χ1v) is 4.58. The van der Waals surface area contributed by atoms with Crippen LogP contribution >= 0.6 is 0 Å². The largest absolute Gasteiger partial charge is 0.464 e. The molecule has 0 spiro atoms. The number of amides is 1. The van der Waals surface area contributed by atoms with Gasteiger partial charge in [0.2, 0.25) is 5.91 Å². The van der Waals surface area contributed by atoms with E-state index in [0.717, 1.165) is 6.20 Å². The van der Waals surface area contributed by atoms with Gasteiger partial charge in [-0.05, 0) is 0 Å².